The fourth-order valence-electron chi connectivity index (χ4n) is 3.73. The summed E-state index contributed by atoms with van der Waals surface area (Å²) < 4.78 is 0. The highest BCUT2D eigenvalue weighted by atomic mass is 16.1. The minimum atomic E-state index is 0.199. The summed E-state index contributed by atoms with van der Waals surface area (Å²) in [5.74, 6) is 0.519. The maximum Gasteiger partial charge on any atom is 0.220 e. The number of benzene rings is 1. The molecule has 1 heterocycles. The van der Waals surface area contributed by atoms with Gasteiger partial charge in [-0.2, -0.15) is 0 Å². The molecule has 1 fully saturated rings. The number of hydrogen-bond acceptors (Lipinski definition) is 2. The molecule has 2 aliphatic rings. The van der Waals surface area contributed by atoms with Gasteiger partial charge in [-0.25, -0.2) is 0 Å². The maximum atomic E-state index is 12.3. The maximum absolute atomic E-state index is 12.3. The second kappa shape index (κ2) is 6.08. The second-order valence-electron chi connectivity index (χ2n) is 7.02. The normalized spacial score (nSPS) is 23.2. The van der Waals surface area contributed by atoms with E-state index in [1.54, 1.807) is 0 Å². The number of nitrogens with one attached hydrogen (secondary N) is 2. The molecule has 1 amide bonds. The van der Waals surface area contributed by atoms with Crippen molar-refractivity contribution in [2.45, 2.75) is 51.4 Å². The molecule has 0 saturated heterocycles. The lowest BCUT2D eigenvalue weighted by Crippen LogP contribution is -2.37. The first-order chi connectivity index (χ1) is 10.2. The molecule has 0 radical (unpaired) electrons. The van der Waals surface area contributed by atoms with E-state index in [1.807, 2.05) is 6.07 Å². The Morgan fingerprint density at radius 3 is 2.86 bits per heavy atom. The van der Waals surface area contributed by atoms with Crippen molar-refractivity contribution in [3.8, 4) is 0 Å². The summed E-state index contributed by atoms with van der Waals surface area (Å²) in [6.07, 6.45) is 7.08. The Morgan fingerprint density at radius 2 is 2.05 bits per heavy atom. The first kappa shape index (κ1) is 14.4. The lowest BCUT2D eigenvalue weighted by atomic mass is 9.75. The first-order valence-electron chi connectivity index (χ1n) is 8.26. The van der Waals surface area contributed by atoms with Crippen LogP contribution in [0.3, 0.4) is 0 Å². The van der Waals surface area contributed by atoms with Gasteiger partial charge in [-0.15, -0.1) is 0 Å². The quantitative estimate of drug-likeness (QED) is 0.886. The predicted molar refractivity (Wildman–Crippen MR) is 86.5 cm³/mol. The van der Waals surface area contributed by atoms with Crippen LogP contribution in [0.1, 0.15) is 56.9 Å². The molecule has 0 spiro atoms. The monoisotopic (exact) mass is 286 g/mol. The molecule has 3 rings (SSSR count). The fraction of sp³-hybridized carbons (Fsp3) is 0.611. The third kappa shape index (κ3) is 3.39. The van der Waals surface area contributed by atoms with Gasteiger partial charge >= 0.3 is 0 Å². The molecular weight excluding hydrogens is 260 g/mol. The zero-order valence-corrected chi connectivity index (χ0v) is 13.0. The summed E-state index contributed by atoms with van der Waals surface area (Å²) in [6, 6.07) is 8.32. The molecule has 1 aromatic carbocycles. The van der Waals surface area contributed by atoms with Crippen molar-refractivity contribution in [1.82, 2.24) is 5.32 Å². The van der Waals surface area contributed by atoms with Gasteiger partial charge in [0.25, 0.3) is 0 Å². The fourth-order valence-corrected chi connectivity index (χ4v) is 3.73. The average Bonchev–Trinajstić information content (AvgIpc) is 2.90. The van der Waals surface area contributed by atoms with Crippen molar-refractivity contribution in [2.75, 3.05) is 18.4 Å². The van der Waals surface area contributed by atoms with E-state index in [1.165, 1.54) is 43.4 Å². The van der Waals surface area contributed by atoms with Crippen LogP contribution in [-0.4, -0.2) is 19.0 Å². The van der Waals surface area contributed by atoms with Gasteiger partial charge in [-0.05, 0) is 29.9 Å². The summed E-state index contributed by atoms with van der Waals surface area (Å²) in [5.41, 5.74) is 2.80. The summed E-state index contributed by atoms with van der Waals surface area (Å²) in [6.45, 7) is 4.04. The van der Waals surface area contributed by atoms with Crippen LogP contribution in [0, 0.1) is 5.41 Å². The van der Waals surface area contributed by atoms with Crippen molar-refractivity contribution in [3.05, 3.63) is 29.8 Å². The number of hydrogen-bond donors (Lipinski definition) is 2. The highest BCUT2D eigenvalue weighted by Gasteiger charge is 2.28. The molecule has 1 aliphatic carbocycles. The Morgan fingerprint density at radius 1 is 1.29 bits per heavy atom. The first-order valence-corrected chi connectivity index (χ1v) is 8.26. The van der Waals surface area contributed by atoms with Gasteiger partial charge in [-0.1, -0.05) is 44.4 Å². The Bertz CT molecular complexity index is 506. The van der Waals surface area contributed by atoms with Gasteiger partial charge in [0.2, 0.25) is 5.91 Å². The van der Waals surface area contributed by atoms with Crippen LogP contribution in [0.2, 0.25) is 0 Å². The minimum Gasteiger partial charge on any atom is -0.384 e. The van der Waals surface area contributed by atoms with Crippen LogP contribution >= 0.6 is 0 Å². The average molecular weight is 286 g/mol. The molecular formula is C18H26N2O. The van der Waals surface area contributed by atoms with Crippen LogP contribution in [0.15, 0.2) is 24.3 Å². The molecule has 21 heavy (non-hydrogen) atoms. The van der Waals surface area contributed by atoms with Crippen LogP contribution < -0.4 is 10.6 Å². The van der Waals surface area contributed by atoms with E-state index >= 15 is 0 Å². The van der Waals surface area contributed by atoms with Gasteiger partial charge in [0, 0.05) is 31.1 Å². The van der Waals surface area contributed by atoms with Crippen molar-refractivity contribution in [2.24, 2.45) is 5.41 Å². The Kier molecular flexibility index (Phi) is 4.18. The van der Waals surface area contributed by atoms with Crippen molar-refractivity contribution in [3.63, 3.8) is 0 Å². The Balaban J connectivity index is 1.51. The van der Waals surface area contributed by atoms with E-state index in [9.17, 15) is 4.79 Å². The molecule has 3 nitrogen and oxygen atoms in total. The summed E-state index contributed by atoms with van der Waals surface area (Å²) in [4.78, 5) is 12.3. The van der Waals surface area contributed by atoms with Crippen molar-refractivity contribution >= 4 is 11.6 Å². The number of para-hydroxylation sites is 1. The van der Waals surface area contributed by atoms with Gasteiger partial charge in [0.05, 0.1) is 0 Å². The lowest BCUT2D eigenvalue weighted by molar-refractivity contribution is -0.122. The standard InChI is InChI=1S/C18H26N2O/c1-18(9-5-2-6-10-18)13-20-17(21)11-14-12-19-16-8-4-3-7-15(14)16/h3-4,7-8,14,19H,2,5-6,9-13H2,1H3,(H,20,21). The molecule has 1 aromatic rings. The summed E-state index contributed by atoms with van der Waals surface area (Å²) >= 11 is 0. The Hall–Kier alpha value is -1.51. The topological polar surface area (TPSA) is 41.1 Å². The molecule has 1 atom stereocenters. The highest BCUT2D eigenvalue weighted by Crippen LogP contribution is 2.35. The third-order valence-electron chi connectivity index (χ3n) is 5.14. The van der Waals surface area contributed by atoms with Crippen LogP contribution in [0.4, 0.5) is 5.69 Å². The Labute approximate surface area is 127 Å². The molecule has 1 saturated carbocycles. The lowest BCUT2D eigenvalue weighted by Gasteiger charge is -2.33. The van der Waals surface area contributed by atoms with E-state index in [0.717, 1.165) is 13.1 Å². The van der Waals surface area contributed by atoms with Gasteiger partial charge in [-0.3, -0.25) is 4.79 Å². The molecule has 0 bridgehead atoms. The molecule has 0 aromatic heterocycles. The number of anilines is 1. The zero-order chi connectivity index (χ0) is 14.7. The van der Waals surface area contributed by atoms with E-state index in [4.69, 9.17) is 0 Å². The number of fused-ring (bicyclic) bond motifs is 1. The number of carbonyl (C=O) groups is 1. The van der Waals surface area contributed by atoms with Crippen LogP contribution in [-0.2, 0) is 4.79 Å². The highest BCUT2D eigenvalue weighted by molar-refractivity contribution is 5.78. The predicted octanol–water partition coefficient (Wildman–Crippen LogP) is 3.67. The summed E-state index contributed by atoms with van der Waals surface area (Å²) in [7, 11) is 0. The smallest absolute Gasteiger partial charge is 0.220 e. The third-order valence-corrected chi connectivity index (χ3v) is 5.14. The minimum absolute atomic E-state index is 0.199. The SMILES string of the molecule is CC1(CNC(=O)CC2CNc3ccccc32)CCCCC1. The van der Waals surface area contributed by atoms with Crippen molar-refractivity contribution in [1.29, 1.82) is 0 Å². The van der Waals surface area contributed by atoms with Crippen molar-refractivity contribution < 1.29 is 4.79 Å². The van der Waals surface area contributed by atoms with E-state index in [2.05, 4.69) is 35.8 Å². The number of amides is 1. The van der Waals surface area contributed by atoms with E-state index in [0.29, 0.717) is 17.8 Å². The van der Waals surface area contributed by atoms with Gasteiger partial charge in [0.15, 0.2) is 0 Å². The summed E-state index contributed by atoms with van der Waals surface area (Å²) in [5, 5.41) is 6.57. The zero-order valence-electron chi connectivity index (χ0n) is 13.0. The van der Waals surface area contributed by atoms with Crippen LogP contribution in [0.5, 0.6) is 0 Å². The number of carbonyl (C=O) groups excluding carboxylic acids is 1. The molecule has 1 aliphatic heterocycles. The molecule has 1 unspecified atom stereocenters. The molecule has 114 valence electrons. The van der Waals surface area contributed by atoms with E-state index < -0.39 is 0 Å². The largest absolute Gasteiger partial charge is 0.384 e. The number of rotatable bonds is 4. The molecule has 2 N–H and O–H groups in total. The molecule has 3 heteroatoms. The van der Waals surface area contributed by atoms with Crippen LogP contribution in [0.25, 0.3) is 0 Å². The second-order valence-corrected chi connectivity index (χ2v) is 7.02. The van der Waals surface area contributed by atoms with Gasteiger partial charge in [0.1, 0.15) is 0 Å². The van der Waals surface area contributed by atoms with E-state index in [-0.39, 0.29) is 5.91 Å². The van der Waals surface area contributed by atoms with Gasteiger partial charge < -0.3 is 10.6 Å².